The molecular weight excluding hydrogens is 300 g/mol. The number of carbonyl (C=O) groups is 1. The zero-order valence-corrected chi connectivity index (χ0v) is 13.9. The third kappa shape index (κ3) is 3.98. The Bertz CT molecular complexity index is 714. The molecule has 1 N–H and O–H groups in total. The molecule has 0 aromatic carbocycles. The number of carbonyl (C=O) groups excluding carboxylic acids is 1. The third-order valence-electron chi connectivity index (χ3n) is 4.37. The van der Waals surface area contributed by atoms with E-state index in [1.165, 1.54) is 5.56 Å². The van der Waals surface area contributed by atoms with E-state index in [0.717, 1.165) is 37.3 Å². The number of aromatic nitrogens is 2. The molecule has 2 aromatic heterocycles. The first-order valence-electron chi connectivity index (χ1n) is 8.27. The van der Waals surface area contributed by atoms with Crippen molar-refractivity contribution in [3.8, 4) is 0 Å². The molecule has 1 aliphatic heterocycles. The maximum absolute atomic E-state index is 12.5. The second-order valence-corrected chi connectivity index (χ2v) is 5.96. The highest BCUT2D eigenvalue weighted by atomic mass is 16.2. The van der Waals surface area contributed by atoms with Gasteiger partial charge in [-0.05, 0) is 54.3 Å². The van der Waals surface area contributed by atoms with Crippen molar-refractivity contribution in [2.75, 3.05) is 25.5 Å². The van der Waals surface area contributed by atoms with Crippen LogP contribution in [0.4, 0.5) is 5.82 Å². The molecule has 1 atom stereocenters. The van der Waals surface area contributed by atoms with Gasteiger partial charge in [0.15, 0.2) is 0 Å². The Kier molecular flexibility index (Phi) is 5.21. The van der Waals surface area contributed by atoms with Gasteiger partial charge in [-0.3, -0.25) is 9.78 Å². The van der Waals surface area contributed by atoms with Gasteiger partial charge in [0.1, 0.15) is 5.82 Å². The fourth-order valence-electron chi connectivity index (χ4n) is 3.03. The van der Waals surface area contributed by atoms with Crippen LogP contribution in [0.5, 0.6) is 0 Å². The van der Waals surface area contributed by atoms with Crippen molar-refractivity contribution in [1.29, 1.82) is 0 Å². The van der Waals surface area contributed by atoms with E-state index < -0.39 is 0 Å². The summed E-state index contributed by atoms with van der Waals surface area (Å²) in [6, 6.07) is 7.90. The van der Waals surface area contributed by atoms with Crippen molar-refractivity contribution in [1.82, 2.24) is 14.9 Å². The number of hydrogen-bond donors (Lipinski definition) is 1. The molecule has 0 spiro atoms. The molecule has 3 heterocycles. The van der Waals surface area contributed by atoms with Gasteiger partial charge in [0.2, 0.25) is 5.91 Å². The van der Waals surface area contributed by atoms with Crippen LogP contribution in [-0.2, 0) is 4.79 Å². The Balaban J connectivity index is 1.66. The summed E-state index contributed by atoms with van der Waals surface area (Å²) < 4.78 is 0. The van der Waals surface area contributed by atoms with Crippen molar-refractivity contribution in [3.63, 3.8) is 0 Å². The predicted octanol–water partition coefficient (Wildman–Crippen LogP) is 2.94. The quantitative estimate of drug-likeness (QED) is 0.879. The highest BCUT2D eigenvalue weighted by molar-refractivity contribution is 5.91. The molecule has 5 nitrogen and oxygen atoms in total. The zero-order valence-electron chi connectivity index (χ0n) is 13.9. The van der Waals surface area contributed by atoms with E-state index in [4.69, 9.17) is 0 Å². The van der Waals surface area contributed by atoms with E-state index in [1.807, 2.05) is 42.4 Å². The number of amides is 1. The number of rotatable bonds is 4. The van der Waals surface area contributed by atoms with Crippen LogP contribution in [0, 0.1) is 0 Å². The van der Waals surface area contributed by atoms with E-state index >= 15 is 0 Å². The first kappa shape index (κ1) is 16.2. The van der Waals surface area contributed by atoms with Crippen molar-refractivity contribution in [3.05, 3.63) is 60.1 Å². The van der Waals surface area contributed by atoms with Crippen molar-refractivity contribution >= 4 is 17.8 Å². The summed E-state index contributed by atoms with van der Waals surface area (Å²) in [5.74, 6) is 1.31. The molecule has 1 amide bonds. The largest absolute Gasteiger partial charge is 0.373 e. The molecule has 0 bridgehead atoms. The lowest BCUT2D eigenvalue weighted by atomic mass is 9.91. The molecule has 2 aromatic rings. The Morgan fingerprint density at radius 2 is 2.12 bits per heavy atom. The van der Waals surface area contributed by atoms with Gasteiger partial charge in [-0.2, -0.15) is 0 Å². The topological polar surface area (TPSA) is 58.1 Å². The van der Waals surface area contributed by atoms with Gasteiger partial charge in [-0.25, -0.2) is 4.98 Å². The zero-order chi connectivity index (χ0) is 16.8. The number of nitrogens with zero attached hydrogens (tertiary/aromatic N) is 3. The fourth-order valence-corrected chi connectivity index (χ4v) is 3.03. The molecule has 0 radical (unpaired) electrons. The normalized spacial score (nSPS) is 17.9. The van der Waals surface area contributed by atoms with Crippen molar-refractivity contribution in [2.45, 2.75) is 18.8 Å². The van der Waals surface area contributed by atoms with Crippen LogP contribution in [0.1, 0.15) is 29.9 Å². The molecule has 3 rings (SSSR count). The number of piperidine rings is 1. The van der Waals surface area contributed by atoms with Crippen molar-refractivity contribution < 1.29 is 4.79 Å². The lowest BCUT2D eigenvalue weighted by molar-refractivity contribution is -0.127. The van der Waals surface area contributed by atoms with Crippen LogP contribution in [-0.4, -0.2) is 40.9 Å². The van der Waals surface area contributed by atoms with Gasteiger partial charge >= 0.3 is 0 Å². The van der Waals surface area contributed by atoms with Gasteiger partial charge in [-0.1, -0.05) is 0 Å². The van der Waals surface area contributed by atoms with Crippen LogP contribution in [0.15, 0.2) is 48.9 Å². The van der Waals surface area contributed by atoms with Crippen LogP contribution >= 0.6 is 0 Å². The molecular formula is C19H22N4O. The van der Waals surface area contributed by atoms with E-state index in [1.54, 1.807) is 18.5 Å². The maximum Gasteiger partial charge on any atom is 0.246 e. The average Bonchev–Trinajstić information content (AvgIpc) is 2.67. The Labute approximate surface area is 142 Å². The Morgan fingerprint density at radius 1 is 1.29 bits per heavy atom. The standard InChI is InChI=1S/C19H22N4O/c1-20-18-13-16(8-11-22-18)17-3-2-12-23(14-17)19(24)5-4-15-6-9-21-10-7-15/h4-11,13,17H,2-3,12,14H2,1H3,(H,20,22)/b5-4+. The molecule has 124 valence electrons. The minimum absolute atomic E-state index is 0.0689. The number of nitrogens with one attached hydrogen (secondary N) is 1. The summed E-state index contributed by atoms with van der Waals surface area (Å²) >= 11 is 0. The Morgan fingerprint density at radius 3 is 2.92 bits per heavy atom. The fraction of sp³-hybridized carbons (Fsp3) is 0.316. The third-order valence-corrected chi connectivity index (χ3v) is 4.37. The van der Waals surface area contributed by atoms with Gasteiger partial charge in [0.25, 0.3) is 0 Å². The highest BCUT2D eigenvalue weighted by Crippen LogP contribution is 2.28. The lowest BCUT2D eigenvalue weighted by Crippen LogP contribution is -2.38. The number of likely N-dealkylation sites (tertiary alicyclic amines) is 1. The van der Waals surface area contributed by atoms with Gasteiger partial charge in [0.05, 0.1) is 0 Å². The highest BCUT2D eigenvalue weighted by Gasteiger charge is 2.23. The minimum atomic E-state index is 0.0689. The molecule has 24 heavy (non-hydrogen) atoms. The molecule has 1 fully saturated rings. The molecule has 1 saturated heterocycles. The summed E-state index contributed by atoms with van der Waals surface area (Å²) in [5.41, 5.74) is 2.23. The van der Waals surface area contributed by atoms with E-state index in [9.17, 15) is 4.79 Å². The first-order valence-corrected chi connectivity index (χ1v) is 8.27. The van der Waals surface area contributed by atoms with Gasteiger partial charge < -0.3 is 10.2 Å². The summed E-state index contributed by atoms with van der Waals surface area (Å²) in [4.78, 5) is 22.6. The Hall–Kier alpha value is -2.69. The maximum atomic E-state index is 12.5. The summed E-state index contributed by atoms with van der Waals surface area (Å²) in [6.07, 6.45) is 10.9. The lowest BCUT2D eigenvalue weighted by Gasteiger charge is -2.32. The van der Waals surface area contributed by atoms with E-state index in [2.05, 4.69) is 21.4 Å². The summed E-state index contributed by atoms with van der Waals surface area (Å²) in [7, 11) is 1.87. The number of anilines is 1. The number of hydrogen-bond acceptors (Lipinski definition) is 4. The molecule has 0 saturated carbocycles. The van der Waals surface area contributed by atoms with Crippen LogP contribution in [0.25, 0.3) is 6.08 Å². The van der Waals surface area contributed by atoms with Crippen LogP contribution in [0.2, 0.25) is 0 Å². The minimum Gasteiger partial charge on any atom is -0.373 e. The van der Waals surface area contributed by atoms with Gasteiger partial charge in [0, 0.05) is 50.7 Å². The first-order chi connectivity index (χ1) is 11.8. The van der Waals surface area contributed by atoms with Gasteiger partial charge in [-0.15, -0.1) is 0 Å². The van der Waals surface area contributed by atoms with Crippen LogP contribution < -0.4 is 5.32 Å². The second-order valence-electron chi connectivity index (χ2n) is 5.96. The number of pyridine rings is 2. The second kappa shape index (κ2) is 7.73. The molecule has 5 heteroatoms. The molecule has 0 aliphatic carbocycles. The SMILES string of the molecule is CNc1cc(C2CCCN(C(=O)/C=C/c3ccncc3)C2)ccn1. The molecule has 1 aliphatic rings. The monoisotopic (exact) mass is 322 g/mol. The molecule has 1 unspecified atom stereocenters. The van der Waals surface area contributed by atoms with E-state index in [-0.39, 0.29) is 5.91 Å². The van der Waals surface area contributed by atoms with Crippen LogP contribution in [0.3, 0.4) is 0 Å². The summed E-state index contributed by atoms with van der Waals surface area (Å²) in [5, 5.41) is 3.07. The van der Waals surface area contributed by atoms with E-state index in [0.29, 0.717) is 5.92 Å². The average molecular weight is 322 g/mol. The summed E-state index contributed by atoms with van der Waals surface area (Å²) in [6.45, 7) is 1.58. The smallest absolute Gasteiger partial charge is 0.246 e. The predicted molar refractivity (Wildman–Crippen MR) is 95.6 cm³/mol. The van der Waals surface area contributed by atoms with Crippen molar-refractivity contribution in [2.24, 2.45) is 0 Å².